The van der Waals surface area contributed by atoms with Crippen molar-refractivity contribution in [1.29, 1.82) is 0 Å². The van der Waals surface area contributed by atoms with Crippen molar-refractivity contribution in [3.8, 4) is 5.75 Å². The first-order valence-corrected chi connectivity index (χ1v) is 11.2. The molecule has 2 nitrogen and oxygen atoms in total. The summed E-state index contributed by atoms with van der Waals surface area (Å²) in [6.07, 6.45) is 12.2. The first-order valence-electron chi connectivity index (χ1n) is 10.8. The molecular weight excluding hydrogens is 364 g/mol. The van der Waals surface area contributed by atoms with Gasteiger partial charge in [0, 0.05) is 4.90 Å². The monoisotopic (exact) mass is 396 g/mol. The lowest BCUT2D eigenvalue weighted by atomic mass is 9.77. The fraction of sp³-hybridized carbons (Fsp3) is 0.480. The van der Waals surface area contributed by atoms with E-state index in [1.807, 2.05) is 24.3 Å². The second kappa shape index (κ2) is 10.7. The summed E-state index contributed by atoms with van der Waals surface area (Å²) in [5.74, 6) is 1.80. The topological polar surface area (TPSA) is 26.3 Å². The third-order valence-electron chi connectivity index (χ3n) is 5.98. The van der Waals surface area contributed by atoms with Crippen molar-refractivity contribution in [3.05, 3.63) is 59.7 Å². The van der Waals surface area contributed by atoms with Gasteiger partial charge in [-0.3, -0.25) is 0 Å². The van der Waals surface area contributed by atoms with E-state index in [1.165, 1.54) is 63.4 Å². The lowest BCUT2D eigenvalue weighted by Gasteiger charge is -2.29. The summed E-state index contributed by atoms with van der Waals surface area (Å²) in [7, 11) is 0. The maximum Gasteiger partial charge on any atom is 0.343 e. The normalized spacial score (nSPS) is 19.4. The van der Waals surface area contributed by atoms with E-state index in [4.69, 9.17) is 4.74 Å². The van der Waals surface area contributed by atoms with Gasteiger partial charge in [0.2, 0.25) is 0 Å². The maximum absolute atomic E-state index is 12.3. The van der Waals surface area contributed by atoms with Gasteiger partial charge >= 0.3 is 5.97 Å². The molecule has 0 aromatic heterocycles. The van der Waals surface area contributed by atoms with Crippen molar-refractivity contribution in [2.24, 2.45) is 5.92 Å². The van der Waals surface area contributed by atoms with Crippen LogP contribution in [0.3, 0.4) is 0 Å². The molecule has 0 spiro atoms. The first-order chi connectivity index (χ1) is 13.7. The molecule has 2 aromatic carbocycles. The summed E-state index contributed by atoms with van der Waals surface area (Å²) < 4.78 is 5.44. The highest BCUT2D eigenvalue weighted by molar-refractivity contribution is 7.80. The molecule has 0 atom stereocenters. The molecule has 0 saturated heterocycles. The zero-order chi connectivity index (χ0) is 19.8. The van der Waals surface area contributed by atoms with Gasteiger partial charge < -0.3 is 4.74 Å². The third-order valence-corrected chi connectivity index (χ3v) is 6.28. The Hall–Kier alpha value is -1.74. The van der Waals surface area contributed by atoms with Crippen LogP contribution in [0.25, 0.3) is 0 Å². The molecule has 0 radical (unpaired) electrons. The first kappa shape index (κ1) is 21.0. The quantitative estimate of drug-likeness (QED) is 0.217. The molecule has 0 N–H and O–H groups in total. The van der Waals surface area contributed by atoms with Crippen LogP contribution in [0.4, 0.5) is 0 Å². The predicted octanol–water partition coefficient (Wildman–Crippen LogP) is 7.44. The molecule has 1 saturated carbocycles. The number of rotatable bonds is 8. The summed E-state index contributed by atoms with van der Waals surface area (Å²) in [6.45, 7) is 2.27. The van der Waals surface area contributed by atoms with Gasteiger partial charge in [-0.1, -0.05) is 51.2 Å². The molecule has 0 heterocycles. The highest BCUT2D eigenvalue weighted by Gasteiger charge is 2.22. The highest BCUT2D eigenvalue weighted by atomic mass is 32.1. The van der Waals surface area contributed by atoms with Gasteiger partial charge in [0.15, 0.2) is 0 Å². The Labute approximate surface area is 175 Å². The van der Waals surface area contributed by atoms with E-state index in [-0.39, 0.29) is 5.97 Å². The largest absolute Gasteiger partial charge is 0.423 e. The fourth-order valence-corrected chi connectivity index (χ4v) is 4.36. The molecule has 0 amide bonds. The summed E-state index contributed by atoms with van der Waals surface area (Å²) in [6, 6.07) is 15.2. The van der Waals surface area contributed by atoms with Gasteiger partial charge in [0.05, 0.1) is 5.56 Å². The van der Waals surface area contributed by atoms with Crippen molar-refractivity contribution in [2.75, 3.05) is 0 Å². The minimum Gasteiger partial charge on any atom is -0.423 e. The van der Waals surface area contributed by atoms with Crippen LogP contribution in [0.1, 0.15) is 86.6 Å². The lowest BCUT2D eigenvalue weighted by molar-refractivity contribution is 0.0734. The Kier molecular flexibility index (Phi) is 8.02. The fourth-order valence-electron chi connectivity index (χ4n) is 4.22. The number of carbonyl (C=O) groups excluding carboxylic acids is 1. The van der Waals surface area contributed by atoms with Crippen molar-refractivity contribution in [3.63, 3.8) is 0 Å². The van der Waals surface area contributed by atoms with Crippen molar-refractivity contribution >= 4 is 18.6 Å². The van der Waals surface area contributed by atoms with E-state index in [0.717, 1.165) is 10.8 Å². The number of hydrogen-bond donors (Lipinski definition) is 1. The van der Waals surface area contributed by atoms with Gasteiger partial charge in [-0.2, -0.15) is 0 Å². The number of hydrogen-bond acceptors (Lipinski definition) is 3. The van der Waals surface area contributed by atoms with Gasteiger partial charge in [-0.05, 0) is 79.5 Å². The average Bonchev–Trinajstić information content (AvgIpc) is 2.73. The molecule has 1 aliphatic rings. The maximum atomic E-state index is 12.3. The Balaban J connectivity index is 1.48. The molecule has 2 aromatic rings. The van der Waals surface area contributed by atoms with Crippen molar-refractivity contribution in [2.45, 2.75) is 75.5 Å². The number of ether oxygens (including phenoxy) is 1. The van der Waals surface area contributed by atoms with E-state index in [1.54, 1.807) is 12.1 Å². The summed E-state index contributed by atoms with van der Waals surface area (Å²) in [4.78, 5) is 13.2. The molecule has 0 bridgehead atoms. The second-order valence-electron chi connectivity index (χ2n) is 8.07. The molecule has 0 aliphatic heterocycles. The van der Waals surface area contributed by atoms with E-state index in [0.29, 0.717) is 17.2 Å². The molecule has 3 heteroatoms. The van der Waals surface area contributed by atoms with E-state index in [2.05, 4.69) is 31.7 Å². The molecule has 1 aliphatic carbocycles. The zero-order valence-corrected chi connectivity index (χ0v) is 17.8. The van der Waals surface area contributed by atoms with Gasteiger partial charge in [0.25, 0.3) is 0 Å². The Morgan fingerprint density at radius 1 is 0.929 bits per heavy atom. The van der Waals surface area contributed by atoms with E-state index >= 15 is 0 Å². The molecule has 1 fully saturated rings. The van der Waals surface area contributed by atoms with Crippen LogP contribution < -0.4 is 4.74 Å². The van der Waals surface area contributed by atoms with Crippen LogP contribution in [0.15, 0.2) is 53.4 Å². The zero-order valence-electron chi connectivity index (χ0n) is 16.9. The van der Waals surface area contributed by atoms with Crippen molar-refractivity contribution in [1.82, 2.24) is 0 Å². The van der Waals surface area contributed by atoms with Gasteiger partial charge in [-0.25, -0.2) is 4.79 Å². The molecule has 28 heavy (non-hydrogen) atoms. The third kappa shape index (κ3) is 6.13. The SMILES string of the molecule is CCCCCCC1CCC(c2ccc(C(=O)Oc3ccc(S)cc3)cc2)CC1. The summed E-state index contributed by atoms with van der Waals surface area (Å²) >= 11 is 4.24. The summed E-state index contributed by atoms with van der Waals surface area (Å²) in [5.41, 5.74) is 1.96. The standard InChI is InChI=1S/C25H32O2S/c1-2-3-4-5-6-19-7-9-20(10-8-19)21-11-13-22(14-12-21)25(26)27-23-15-17-24(28)18-16-23/h11-20,28H,2-10H2,1H3. The Morgan fingerprint density at radius 2 is 1.61 bits per heavy atom. The van der Waals surface area contributed by atoms with Crippen LogP contribution in [0, 0.1) is 5.92 Å². The van der Waals surface area contributed by atoms with E-state index in [9.17, 15) is 4.79 Å². The lowest BCUT2D eigenvalue weighted by Crippen LogP contribution is -2.14. The predicted molar refractivity (Wildman–Crippen MR) is 119 cm³/mol. The second-order valence-corrected chi connectivity index (χ2v) is 8.59. The Morgan fingerprint density at radius 3 is 2.25 bits per heavy atom. The Bertz CT molecular complexity index is 728. The molecule has 150 valence electrons. The number of unbranched alkanes of at least 4 members (excludes halogenated alkanes) is 3. The van der Waals surface area contributed by atoms with Crippen LogP contribution in [-0.2, 0) is 0 Å². The average molecular weight is 397 g/mol. The number of carbonyl (C=O) groups is 1. The summed E-state index contributed by atoms with van der Waals surface area (Å²) in [5, 5.41) is 0. The van der Waals surface area contributed by atoms with Gasteiger partial charge in [-0.15, -0.1) is 12.6 Å². The minimum atomic E-state index is -0.311. The van der Waals surface area contributed by atoms with Crippen LogP contribution in [-0.4, -0.2) is 5.97 Å². The van der Waals surface area contributed by atoms with Crippen LogP contribution >= 0.6 is 12.6 Å². The number of esters is 1. The number of benzene rings is 2. The number of thiol groups is 1. The minimum absolute atomic E-state index is 0.311. The van der Waals surface area contributed by atoms with Gasteiger partial charge in [0.1, 0.15) is 5.75 Å². The van der Waals surface area contributed by atoms with Crippen LogP contribution in [0.2, 0.25) is 0 Å². The van der Waals surface area contributed by atoms with Crippen LogP contribution in [0.5, 0.6) is 5.75 Å². The molecule has 3 rings (SSSR count). The molecular formula is C25H32O2S. The van der Waals surface area contributed by atoms with E-state index < -0.39 is 0 Å². The van der Waals surface area contributed by atoms with Crippen molar-refractivity contribution < 1.29 is 9.53 Å². The molecule has 0 unspecified atom stereocenters. The highest BCUT2D eigenvalue weighted by Crippen LogP contribution is 2.37. The smallest absolute Gasteiger partial charge is 0.343 e.